The van der Waals surface area contributed by atoms with Crippen LogP contribution in [0, 0.1) is 12.7 Å². The van der Waals surface area contributed by atoms with Gasteiger partial charge in [-0.3, -0.25) is 4.99 Å². The van der Waals surface area contributed by atoms with E-state index in [1.165, 1.54) is 12.1 Å². The Bertz CT molecular complexity index is 739. The van der Waals surface area contributed by atoms with Gasteiger partial charge in [-0.2, -0.15) is 0 Å². The summed E-state index contributed by atoms with van der Waals surface area (Å²) in [7, 11) is 0. The molecule has 0 aliphatic heterocycles. The van der Waals surface area contributed by atoms with Gasteiger partial charge in [0.25, 0.3) is 0 Å². The van der Waals surface area contributed by atoms with Crippen LogP contribution in [-0.2, 0) is 0 Å². The number of hydrogen-bond acceptors (Lipinski definition) is 1. The van der Waals surface area contributed by atoms with Gasteiger partial charge in [0.2, 0.25) is 0 Å². The molecule has 0 unspecified atom stereocenters. The molecule has 0 saturated carbocycles. The Morgan fingerprint density at radius 1 is 1.05 bits per heavy atom. The quantitative estimate of drug-likeness (QED) is 0.656. The first-order chi connectivity index (χ1) is 9.24. The Morgan fingerprint density at radius 3 is 2.58 bits per heavy atom. The van der Waals surface area contributed by atoms with Crippen LogP contribution in [0.15, 0.2) is 53.5 Å². The number of aromatic amines is 1. The molecule has 0 atom stereocenters. The van der Waals surface area contributed by atoms with E-state index in [0.29, 0.717) is 0 Å². The number of nitrogens with zero attached hydrogens (tertiary/aromatic N) is 1. The standard InChI is InChI=1S/C16H13FN2/c1-11-15(14-4-2-3-5-16(14)19-11)10-18-13-8-6-12(17)7-9-13/h2-10,19H,1H3. The molecular weight excluding hydrogens is 239 g/mol. The zero-order valence-corrected chi connectivity index (χ0v) is 10.5. The van der Waals surface area contributed by atoms with Gasteiger partial charge in [-0.15, -0.1) is 0 Å². The van der Waals surface area contributed by atoms with Crippen molar-refractivity contribution in [1.82, 2.24) is 4.98 Å². The van der Waals surface area contributed by atoms with Gasteiger partial charge in [0, 0.05) is 28.4 Å². The summed E-state index contributed by atoms with van der Waals surface area (Å²) >= 11 is 0. The van der Waals surface area contributed by atoms with Crippen molar-refractivity contribution < 1.29 is 4.39 Å². The Labute approximate surface area is 110 Å². The molecule has 0 aliphatic rings. The summed E-state index contributed by atoms with van der Waals surface area (Å²) in [5.41, 5.74) is 3.98. The first kappa shape index (κ1) is 11.7. The fourth-order valence-corrected chi connectivity index (χ4v) is 2.13. The predicted molar refractivity (Wildman–Crippen MR) is 76.7 cm³/mol. The molecule has 3 aromatic rings. The molecule has 0 saturated heterocycles. The van der Waals surface area contributed by atoms with Crippen LogP contribution in [-0.4, -0.2) is 11.2 Å². The number of H-pyrrole nitrogens is 1. The fraction of sp³-hybridized carbons (Fsp3) is 0.0625. The van der Waals surface area contributed by atoms with Gasteiger partial charge in [0.05, 0.1) is 5.69 Å². The van der Waals surface area contributed by atoms with Gasteiger partial charge in [0.15, 0.2) is 0 Å². The molecule has 3 rings (SSSR count). The SMILES string of the molecule is Cc1[nH]c2ccccc2c1C=Nc1ccc(F)cc1. The lowest BCUT2D eigenvalue weighted by Crippen LogP contribution is -1.82. The molecule has 0 bridgehead atoms. The number of para-hydroxylation sites is 1. The predicted octanol–water partition coefficient (Wildman–Crippen LogP) is 4.37. The van der Waals surface area contributed by atoms with Crippen molar-refractivity contribution in [3.05, 3.63) is 65.6 Å². The minimum Gasteiger partial charge on any atom is -0.358 e. The van der Waals surface area contributed by atoms with E-state index in [1.807, 2.05) is 31.3 Å². The highest BCUT2D eigenvalue weighted by Gasteiger charge is 2.04. The van der Waals surface area contributed by atoms with Gasteiger partial charge in [-0.1, -0.05) is 18.2 Å². The molecule has 1 N–H and O–H groups in total. The second-order valence-corrected chi connectivity index (χ2v) is 4.44. The molecule has 0 radical (unpaired) electrons. The summed E-state index contributed by atoms with van der Waals surface area (Å²) in [6.45, 7) is 2.02. The van der Waals surface area contributed by atoms with Crippen molar-refractivity contribution in [2.45, 2.75) is 6.92 Å². The lowest BCUT2D eigenvalue weighted by molar-refractivity contribution is 0.628. The van der Waals surface area contributed by atoms with E-state index in [-0.39, 0.29) is 5.82 Å². The van der Waals surface area contributed by atoms with Crippen molar-refractivity contribution in [3.63, 3.8) is 0 Å². The minimum atomic E-state index is -0.248. The molecule has 94 valence electrons. The third-order valence-corrected chi connectivity index (χ3v) is 3.11. The number of nitrogens with one attached hydrogen (secondary N) is 1. The first-order valence-electron chi connectivity index (χ1n) is 6.11. The van der Waals surface area contributed by atoms with E-state index in [0.717, 1.165) is 27.8 Å². The maximum Gasteiger partial charge on any atom is 0.123 e. The molecule has 0 fully saturated rings. The summed E-state index contributed by atoms with van der Waals surface area (Å²) in [5.74, 6) is -0.248. The van der Waals surface area contributed by atoms with Crippen molar-refractivity contribution >= 4 is 22.8 Å². The molecule has 0 spiro atoms. The van der Waals surface area contributed by atoms with Gasteiger partial charge in [0.1, 0.15) is 5.82 Å². The molecular formula is C16H13FN2. The number of benzene rings is 2. The number of aliphatic imine (C=N–C) groups is 1. The van der Waals surface area contributed by atoms with Crippen LogP contribution in [0.3, 0.4) is 0 Å². The van der Waals surface area contributed by atoms with E-state index in [9.17, 15) is 4.39 Å². The summed E-state index contributed by atoms with van der Waals surface area (Å²) in [5, 5.41) is 1.14. The smallest absolute Gasteiger partial charge is 0.123 e. The van der Waals surface area contributed by atoms with Crippen molar-refractivity contribution in [3.8, 4) is 0 Å². The molecule has 0 aliphatic carbocycles. The van der Waals surface area contributed by atoms with Crippen LogP contribution in [0.5, 0.6) is 0 Å². The van der Waals surface area contributed by atoms with Gasteiger partial charge in [-0.05, 0) is 37.3 Å². The van der Waals surface area contributed by atoms with Crippen molar-refractivity contribution in [1.29, 1.82) is 0 Å². The summed E-state index contributed by atoms with van der Waals surface area (Å²) in [6.07, 6.45) is 1.82. The first-order valence-corrected chi connectivity index (χ1v) is 6.11. The monoisotopic (exact) mass is 252 g/mol. The highest BCUT2D eigenvalue weighted by atomic mass is 19.1. The zero-order chi connectivity index (χ0) is 13.2. The largest absolute Gasteiger partial charge is 0.358 e. The van der Waals surface area contributed by atoms with Crippen LogP contribution in [0.1, 0.15) is 11.3 Å². The highest BCUT2D eigenvalue weighted by Crippen LogP contribution is 2.21. The Morgan fingerprint density at radius 2 is 1.79 bits per heavy atom. The minimum absolute atomic E-state index is 0.248. The number of rotatable bonds is 2. The van der Waals surface area contributed by atoms with E-state index in [4.69, 9.17) is 0 Å². The number of fused-ring (bicyclic) bond motifs is 1. The third kappa shape index (κ3) is 2.27. The summed E-state index contributed by atoms with van der Waals surface area (Å²) < 4.78 is 12.8. The zero-order valence-electron chi connectivity index (χ0n) is 10.5. The van der Waals surface area contributed by atoms with Crippen LogP contribution in [0.2, 0.25) is 0 Å². The van der Waals surface area contributed by atoms with E-state index < -0.39 is 0 Å². The molecule has 1 heterocycles. The van der Waals surface area contributed by atoms with Crippen LogP contribution in [0.25, 0.3) is 10.9 Å². The highest BCUT2D eigenvalue weighted by molar-refractivity contribution is 6.01. The van der Waals surface area contributed by atoms with Crippen LogP contribution in [0.4, 0.5) is 10.1 Å². The molecule has 0 amide bonds. The maximum atomic E-state index is 12.8. The molecule has 2 nitrogen and oxygen atoms in total. The molecule has 19 heavy (non-hydrogen) atoms. The fourth-order valence-electron chi connectivity index (χ4n) is 2.13. The summed E-state index contributed by atoms with van der Waals surface area (Å²) in [6, 6.07) is 14.3. The molecule has 3 heteroatoms. The Hall–Kier alpha value is -2.42. The molecule has 1 aromatic heterocycles. The number of halogens is 1. The number of aryl methyl sites for hydroxylation is 1. The maximum absolute atomic E-state index is 12.8. The van der Waals surface area contributed by atoms with E-state index in [1.54, 1.807) is 12.1 Å². The second-order valence-electron chi connectivity index (χ2n) is 4.44. The Balaban J connectivity index is 2.01. The van der Waals surface area contributed by atoms with Crippen molar-refractivity contribution in [2.75, 3.05) is 0 Å². The number of hydrogen-bond donors (Lipinski definition) is 1. The second kappa shape index (κ2) is 4.69. The average Bonchev–Trinajstić information content (AvgIpc) is 2.74. The van der Waals surface area contributed by atoms with Gasteiger partial charge >= 0.3 is 0 Å². The third-order valence-electron chi connectivity index (χ3n) is 3.11. The van der Waals surface area contributed by atoms with E-state index in [2.05, 4.69) is 16.0 Å². The normalized spacial score (nSPS) is 11.5. The topological polar surface area (TPSA) is 28.1 Å². The van der Waals surface area contributed by atoms with Crippen molar-refractivity contribution in [2.24, 2.45) is 4.99 Å². The van der Waals surface area contributed by atoms with Crippen LogP contribution < -0.4 is 0 Å². The lowest BCUT2D eigenvalue weighted by Gasteiger charge is -1.95. The molecule has 2 aromatic carbocycles. The van der Waals surface area contributed by atoms with Crippen LogP contribution >= 0.6 is 0 Å². The summed E-state index contributed by atoms with van der Waals surface area (Å²) in [4.78, 5) is 7.71. The van der Waals surface area contributed by atoms with Gasteiger partial charge < -0.3 is 4.98 Å². The van der Waals surface area contributed by atoms with Gasteiger partial charge in [-0.25, -0.2) is 4.39 Å². The Kier molecular flexibility index (Phi) is 2.88. The average molecular weight is 252 g/mol. The lowest BCUT2D eigenvalue weighted by atomic mass is 10.1. The van der Waals surface area contributed by atoms with E-state index >= 15 is 0 Å². The number of aromatic nitrogens is 1.